The number of rotatable bonds is 4. The Morgan fingerprint density at radius 3 is 2.52 bits per heavy atom. The van der Waals surface area contributed by atoms with E-state index in [0.717, 1.165) is 30.8 Å². The third-order valence-corrected chi connectivity index (χ3v) is 6.34. The van der Waals surface area contributed by atoms with E-state index in [0.29, 0.717) is 29.7 Å². The van der Waals surface area contributed by atoms with Gasteiger partial charge in [-0.1, -0.05) is 30.3 Å². The lowest BCUT2D eigenvalue weighted by Gasteiger charge is -2.45. The molecule has 0 aromatic heterocycles. The number of amides is 1. The zero-order valence-corrected chi connectivity index (χ0v) is 15.0. The predicted octanol–water partition coefficient (Wildman–Crippen LogP) is 3.03. The first-order valence-corrected chi connectivity index (χ1v) is 9.55. The van der Waals surface area contributed by atoms with Crippen molar-refractivity contribution in [3.05, 3.63) is 75.3 Å². The molecular weight excluding hydrogens is 342 g/mol. The summed E-state index contributed by atoms with van der Waals surface area (Å²) in [7, 11) is 0. The predicted molar refractivity (Wildman–Crippen MR) is 101 cm³/mol. The molecule has 0 spiro atoms. The summed E-state index contributed by atoms with van der Waals surface area (Å²) in [4.78, 5) is 28.3. The van der Waals surface area contributed by atoms with Crippen molar-refractivity contribution in [3.63, 3.8) is 0 Å². The molecule has 6 heteroatoms. The first-order valence-electron chi connectivity index (χ1n) is 9.55. The Morgan fingerprint density at radius 1 is 1.15 bits per heavy atom. The number of carbonyl (C=O) groups is 1. The molecule has 1 aromatic carbocycles. The van der Waals surface area contributed by atoms with Crippen LogP contribution in [0.3, 0.4) is 0 Å². The van der Waals surface area contributed by atoms with Crippen LogP contribution in [-0.4, -0.2) is 40.3 Å². The van der Waals surface area contributed by atoms with Crippen molar-refractivity contribution in [2.45, 2.75) is 19.3 Å². The Kier molecular flexibility index (Phi) is 3.75. The van der Waals surface area contributed by atoms with E-state index in [-0.39, 0.29) is 16.5 Å². The van der Waals surface area contributed by atoms with E-state index in [4.69, 9.17) is 0 Å². The van der Waals surface area contributed by atoms with Crippen LogP contribution in [0.25, 0.3) is 5.57 Å². The number of piperidine rings is 3. The molecule has 6 nitrogen and oxygen atoms in total. The molecule has 0 saturated carbocycles. The smallest absolute Gasteiger partial charge is 0.303 e. The molecule has 27 heavy (non-hydrogen) atoms. The van der Waals surface area contributed by atoms with Crippen LogP contribution in [0.2, 0.25) is 0 Å². The third-order valence-electron chi connectivity index (χ3n) is 6.34. The second kappa shape index (κ2) is 6.16. The first-order chi connectivity index (χ1) is 13.1. The zero-order chi connectivity index (χ0) is 18.5. The van der Waals surface area contributed by atoms with Crippen LogP contribution in [0.1, 0.15) is 24.8 Å². The van der Waals surface area contributed by atoms with E-state index in [2.05, 4.69) is 4.90 Å². The molecule has 0 aliphatic carbocycles. The quantitative estimate of drug-likeness (QED) is 0.609. The number of benzene rings is 1. The molecule has 5 heterocycles. The van der Waals surface area contributed by atoms with Crippen LogP contribution in [-0.2, 0) is 4.79 Å². The molecule has 1 unspecified atom stereocenters. The highest BCUT2D eigenvalue weighted by atomic mass is 16.6. The Labute approximate surface area is 157 Å². The molecule has 6 rings (SSSR count). The van der Waals surface area contributed by atoms with E-state index in [1.54, 1.807) is 11.0 Å². The average Bonchev–Trinajstić information content (AvgIpc) is 2.69. The zero-order valence-electron chi connectivity index (χ0n) is 15.0. The fourth-order valence-electron chi connectivity index (χ4n) is 4.97. The molecule has 1 atom stereocenters. The monoisotopic (exact) mass is 363 g/mol. The number of carbonyl (C=O) groups excluding carboxylic acids is 1. The van der Waals surface area contributed by atoms with Gasteiger partial charge in [0.2, 0.25) is 5.91 Å². The molecule has 0 radical (unpaired) electrons. The summed E-state index contributed by atoms with van der Waals surface area (Å²) in [6, 6.07) is 9.56. The van der Waals surface area contributed by atoms with E-state index < -0.39 is 0 Å². The van der Waals surface area contributed by atoms with Crippen LogP contribution in [0.15, 0.2) is 59.6 Å². The number of allylic oxidation sites excluding steroid dienone is 3. The van der Waals surface area contributed by atoms with E-state index in [1.165, 1.54) is 12.8 Å². The number of fused-ring (bicyclic) bond motifs is 5. The van der Waals surface area contributed by atoms with Gasteiger partial charge >= 0.3 is 5.70 Å². The number of nitro groups is 1. The van der Waals surface area contributed by atoms with Crippen molar-refractivity contribution in [2.24, 2.45) is 11.8 Å². The lowest BCUT2D eigenvalue weighted by atomic mass is 9.77. The lowest BCUT2D eigenvalue weighted by Crippen LogP contribution is -2.50. The molecular formula is C21H21N3O3. The lowest BCUT2D eigenvalue weighted by molar-refractivity contribution is -0.428. The topological polar surface area (TPSA) is 66.7 Å². The van der Waals surface area contributed by atoms with Crippen molar-refractivity contribution >= 4 is 11.5 Å². The number of hydrogen-bond acceptors (Lipinski definition) is 4. The summed E-state index contributed by atoms with van der Waals surface area (Å²) in [6.07, 6.45) is 6.39. The summed E-state index contributed by atoms with van der Waals surface area (Å²) in [5.41, 5.74) is 2.59. The minimum atomic E-state index is -0.366. The fourth-order valence-corrected chi connectivity index (χ4v) is 4.97. The molecule has 3 saturated heterocycles. The van der Waals surface area contributed by atoms with Crippen LogP contribution in [0.5, 0.6) is 0 Å². The largest absolute Gasteiger partial charge is 0.317 e. The van der Waals surface area contributed by atoms with E-state index >= 15 is 0 Å². The van der Waals surface area contributed by atoms with Crippen molar-refractivity contribution < 1.29 is 9.72 Å². The van der Waals surface area contributed by atoms with Crippen LogP contribution < -0.4 is 0 Å². The van der Waals surface area contributed by atoms with Gasteiger partial charge in [0.05, 0.1) is 4.92 Å². The average molecular weight is 363 g/mol. The molecule has 5 aliphatic heterocycles. The highest BCUT2D eigenvalue weighted by Gasteiger charge is 2.49. The summed E-state index contributed by atoms with van der Waals surface area (Å²) in [5.74, 6) is 0.968. The van der Waals surface area contributed by atoms with Gasteiger partial charge in [-0.05, 0) is 55.5 Å². The van der Waals surface area contributed by atoms with Gasteiger partial charge in [-0.25, -0.2) is 0 Å². The third kappa shape index (κ3) is 2.55. The summed E-state index contributed by atoms with van der Waals surface area (Å²) in [5, 5.41) is 11.6. The van der Waals surface area contributed by atoms with Crippen molar-refractivity contribution in [1.29, 1.82) is 0 Å². The van der Waals surface area contributed by atoms with Gasteiger partial charge in [-0.15, -0.1) is 0 Å². The molecule has 138 valence electrons. The molecule has 1 aromatic rings. The second-order valence-electron chi connectivity index (χ2n) is 7.78. The van der Waals surface area contributed by atoms with Crippen molar-refractivity contribution in [3.8, 4) is 0 Å². The van der Waals surface area contributed by atoms with Gasteiger partial charge in [0.15, 0.2) is 0 Å². The van der Waals surface area contributed by atoms with Gasteiger partial charge in [0.25, 0.3) is 0 Å². The first kappa shape index (κ1) is 16.4. The summed E-state index contributed by atoms with van der Waals surface area (Å²) in [6.45, 7) is 3.26. The summed E-state index contributed by atoms with van der Waals surface area (Å²) < 4.78 is 0. The standard InChI is InChI=1S/C21H21N3O3/c25-19(12-16-13-22-10-8-14(16)9-11-22)23-18-7-6-17(15-4-2-1-3-5-15)20(23)21(18)24(26)27/h1-7,14,16H,8-13H2. The van der Waals surface area contributed by atoms with E-state index in [1.807, 2.05) is 36.4 Å². The maximum absolute atomic E-state index is 13.1. The fraction of sp³-hybridized carbons (Fsp3) is 0.381. The Bertz CT molecular complexity index is 908. The minimum Gasteiger partial charge on any atom is -0.303 e. The molecule has 5 aliphatic rings. The summed E-state index contributed by atoms with van der Waals surface area (Å²) >= 11 is 0. The SMILES string of the molecule is O=C(CC1CN2CCC1CC2)N1c2ccc(-c3ccccc3)c1c2[N+](=O)[O-]. The van der Waals surface area contributed by atoms with Crippen molar-refractivity contribution in [2.75, 3.05) is 19.6 Å². The van der Waals surface area contributed by atoms with Gasteiger partial charge in [0, 0.05) is 18.5 Å². The molecule has 1 amide bonds. The van der Waals surface area contributed by atoms with Crippen LogP contribution in [0.4, 0.5) is 0 Å². The Balaban J connectivity index is 1.42. The Morgan fingerprint density at radius 2 is 1.89 bits per heavy atom. The maximum atomic E-state index is 13.1. The normalized spacial score (nSPS) is 28.4. The van der Waals surface area contributed by atoms with Crippen LogP contribution >= 0.6 is 0 Å². The minimum absolute atomic E-state index is 0.0119. The number of hydrogen-bond donors (Lipinski definition) is 0. The Hall–Kier alpha value is -2.73. The van der Waals surface area contributed by atoms with Crippen LogP contribution in [0, 0.1) is 22.0 Å². The van der Waals surface area contributed by atoms with Gasteiger partial charge in [-0.3, -0.25) is 19.8 Å². The molecule has 0 N–H and O–H groups in total. The van der Waals surface area contributed by atoms with E-state index in [9.17, 15) is 14.9 Å². The molecule has 3 fully saturated rings. The van der Waals surface area contributed by atoms with Gasteiger partial charge in [0.1, 0.15) is 11.4 Å². The second-order valence-corrected chi connectivity index (χ2v) is 7.78. The van der Waals surface area contributed by atoms with Crippen molar-refractivity contribution in [1.82, 2.24) is 9.80 Å². The molecule has 4 bridgehead atoms. The highest BCUT2D eigenvalue weighted by Crippen LogP contribution is 2.47. The maximum Gasteiger partial charge on any atom is 0.317 e. The number of nitrogens with zero attached hydrogens (tertiary/aromatic N) is 3. The van der Waals surface area contributed by atoms with Gasteiger partial charge in [-0.2, -0.15) is 0 Å². The highest BCUT2D eigenvalue weighted by molar-refractivity contribution is 5.96. The van der Waals surface area contributed by atoms with Gasteiger partial charge < -0.3 is 4.90 Å².